The minimum absolute atomic E-state index is 0.560. The Hall–Kier alpha value is -2.86. The third-order valence-electron chi connectivity index (χ3n) is 4.40. The summed E-state index contributed by atoms with van der Waals surface area (Å²) in [6.07, 6.45) is 3.38. The average Bonchev–Trinajstić information content (AvgIpc) is 3.18. The third kappa shape index (κ3) is 3.64. The maximum absolute atomic E-state index is 5.40. The van der Waals surface area contributed by atoms with Gasteiger partial charge in [-0.1, -0.05) is 6.07 Å². The highest BCUT2D eigenvalue weighted by atomic mass is 16.3. The Kier molecular flexibility index (Phi) is 4.35. The first-order valence-electron chi connectivity index (χ1n) is 8.45. The fraction of sp³-hybridized carbons (Fsp3) is 0.263. The van der Waals surface area contributed by atoms with Crippen LogP contribution < -0.4 is 10.2 Å². The molecule has 1 aliphatic heterocycles. The molecule has 0 radical (unpaired) electrons. The molecule has 1 saturated heterocycles. The number of furan rings is 1. The van der Waals surface area contributed by atoms with Crippen LogP contribution in [-0.4, -0.2) is 48.1 Å². The van der Waals surface area contributed by atoms with Crippen LogP contribution in [0.4, 0.5) is 17.3 Å². The predicted octanol–water partition coefficient (Wildman–Crippen LogP) is 3.23. The number of anilines is 3. The van der Waals surface area contributed by atoms with Crippen LogP contribution in [0.15, 0.2) is 59.3 Å². The summed E-state index contributed by atoms with van der Waals surface area (Å²) in [6.45, 7) is 4.27. The van der Waals surface area contributed by atoms with E-state index in [1.165, 1.54) is 5.69 Å². The molecule has 0 aliphatic carbocycles. The molecule has 0 unspecified atom stereocenters. The quantitative estimate of drug-likeness (QED) is 0.790. The zero-order chi connectivity index (χ0) is 17.1. The van der Waals surface area contributed by atoms with Gasteiger partial charge < -0.3 is 19.5 Å². The van der Waals surface area contributed by atoms with Crippen molar-refractivity contribution in [2.75, 3.05) is 43.4 Å². The van der Waals surface area contributed by atoms with E-state index in [1.807, 2.05) is 24.3 Å². The van der Waals surface area contributed by atoms with Crippen LogP contribution in [0.25, 0.3) is 11.5 Å². The maximum Gasteiger partial charge on any atom is 0.227 e. The van der Waals surface area contributed by atoms with Gasteiger partial charge in [0.25, 0.3) is 0 Å². The summed E-state index contributed by atoms with van der Waals surface area (Å²) in [5.41, 5.74) is 2.96. The van der Waals surface area contributed by atoms with Crippen molar-refractivity contribution in [2.45, 2.75) is 0 Å². The van der Waals surface area contributed by atoms with Gasteiger partial charge in [-0.05, 0) is 43.4 Å². The monoisotopic (exact) mass is 335 g/mol. The van der Waals surface area contributed by atoms with Gasteiger partial charge in [-0.25, -0.2) is 9.97 Å². The number of benzene rings is 1. The fourth-order valence-corrected chi connectivity index (χ4v) is 2.95. The minimum Gasteiger partial charge on any atom is -0.463 e. The van der Waals surface area contributed by atoms with Gasteiger partial charge in [-0.3, -0.25) is 0 Å². The number of rotatable bonds is 4. The molecule has 1 aromatic carbocycles. The normalized spacial score (nSPS) is 15.3. The second-order valence-corrected chi connectivity index (χ2v) is 6.21. The summed E-state index contributed by atoms with van der Waals surface area (Å²) in [7, 11) is 2.17. The van der Waals surface area contributed by atoms with E-state index in [-0.39, 0.29) is 0 Å². The summed E-state index contributed by atoms with van der Waals surface area (Å²) >= 11 is 0. The molecule has 0 bridgehead atoms. The Bertz CT molecular complexity index is 825. The highest BCUT2D eigenvalue weighted by molar-refractivity contribution is 5.63. The van der Waals surface area contributed by atoms with Crippen LogP contribution in [0.2, 0.25) is 0 Å². The van der Waals surface area contributed by atoms with Crippen molar-refractivity contribution in [2.24, 2.45) is 0 Å². The lowest BCUT2D eigenvalue weighted by Crippen LogP contribution is -2.44. The SMILES string of the molecule is CN1CCN(c2cccc(Nc3nccc(-c4ccco4)n3)c2)CC1. The van der Waals surface area contributed by atoms with Crippen molar-refractivity contribution < 1.29 is 4.42 Å². The van der Waals surface area contributed by atoms with Crippen molar-refractivity contribution in [3.63, 3.8) is 0 Å². The first kappa shape index (κ1) is 15.7. The number of hydrogen-bond donors (Lipinski definition) is 1. The van der Waals surface area contributed by atoms with Crippen molar-refractivity contribution in [3.05, 3.63) is 54.9 Å². The van der Waals surface area contributed by atoms with E-state index < -0.39 is 0 Å². The molecule has 2 aromatic heterocycles. The molecule has 1 fully saturated rings. The van der Waals surface area contributed by atoms with Gasteiger partial charge in [0.2, 0.25) is 5.95 Å². The van der Waals surface area contributed by atoms with E-state index in [0.29, 0.717) is 5.95 Å². The van der Waals surface area contributed by atoms with Gasteiger partial charge in [0.1, 0.15) is 5.69 Å². The van der Waals surface area contributed by atoms with Crippen molar-refractivity contribution in [3.8, 4) is 11.5 Å². The first-order valence-corrected chi connectivity index (χ1v) is 8.45. The molecule has 3 aromatic rings. The molecule has 6 heteroatoms. The Morgan fingerprint density at radius 1 is 1.04 bits per heavy atom. The number of aromatic nitrogens is 2. The van der Waals surface area contributed by atoms with E-state index in [2.05, 4.69) is 50.3 Å². The lowest BCUT2D eigenvalue weighted by molar-refractivity contribution is 0.313. The second-order valence-electron chi connectivity index (χ2n) is 6.21. The van der Waals surface area contributed by atoms with Gasteiger partial charge >= 0.3 is 0 Å². The molecule has 1 aliphatic rings. The first-order chi connectivity index (χ1) is 12.3. The van der Waals surface area contributed by atoms with Crippen LogP contribution in [0, 0.1) is 0 Å². The number of hydrogen-bond acceptors (Lipinski definition) is 6. The van der Waals surface area contributed by atoms with Crippen molar-refractivity contribution in [1.82, 2.24) is 14.9 Å². The number of nitrogens with zero attached hydrogens (tertiary/aromatic N) is 4. The molecule has 25 heavy (non-hydrogen) atoms. The summed E-state index contributed by atoms with van der Waals surface area (Å²) < 4.78 is 5.40. The van der Waals surface area contributed by atoms with Gasteiger partial charge in [0.05, 0.1) is 6.26 Å². The average molecular weight is 335 g/mol. The van der Waals surface area contributed by atoms with Crippen molar-refractivity contribution >= 4 is 17.3 Å². The molecular weight excluding hydrogens is 314 g/mol. The van der Waals surface area contributed by atoms with Gasteiger partial charge in [0.15, 0.2) is 5.76 Å². The van der Waals surface area contributed by atoms with Crippen LogP contribution >= 0.6 is 0 Å². The Morgan fingerprint density at radius 3 is 2.72 bits per heavy atom. The van der Waals surface area contributed by atoms with E-state index in [9.17, 15) is 0 Å². The van der Waals surface area contributed by atoms with Gasteiger partial charge in [0, 0.05) is 43.8 Å². The fourth-order valence-electron chi connectivity index (χ4n) is 2.95. The third-order valence-corrected chi connectivity index (χ3v) is 4.40. The summed E-state index contributed by atoms with van der Waals surface area (Å²) in [5.74, 6) is 1.29. The Morgan fingerprint density at radius 2 is 1.92 bits per heavy atom. The number of nitrogens with one attached hydrogen (secondary N) is 1. The molecule has 0 amide bonds. The Balaban J connectivity index is 1.51. The molecule has 0 atom stereocenters. The molecule has 6 nitrogen and oxygen atoms in total. The second kappa shape index (κ2) is 6.94. The van der Waals surface area contributed by atoms with Crippen LogP contribution in [0.3, 0.4) is 0 Å². The number of likely N-dealkylation sites (N-methyl/N-ethyl adjacent to an activating group) is 1. The summed E-state index contributed by atoms with van der Waals surface area (Å²) in [4.78, 5) is 13.6. The highest BCUT2D eigenvalue weighted by Crippen LogP contribution is 2.23. The van der Waals surface area contributed by atoms with Gasteiger partial charge in [-0.2, -0.15) is 0 Å². The molecule has 4 rings (SSSR count). The highest BCUT2D eigenvalue weighted by Gasteiger charge is 2.14. The summed E-state index contributed by atoms with van der Waals surface area (Å²) in [6, 6.07) is 14.0. The lowest BCUT2D eigenvalue weighted by atomic mass is 10.2. The smallest absolute Gasteiger partial charge is 0.227 e. The maximum atomic E-state index is 5.40. The predicted molar refractivity (Wildman–Crippen MR) is 99.2 cm³/mol. The van der Waals surface area contributed by atoms with Crippen molar-refractivity contribution in [1.29, 1.82) is 0 Å². The van der Waals surface area contributed by atoms with E-state index >= 15 is 0 Å². The molecular formula is C19H21N5O. The minimum atomic E-state index is 0.560. The molecule has 3 heterocycles. The van der Waals surface area contributed by atoms with E-state index in [1.54, 1.807) is 12.5 Å². The Labute approximate surface area is 147 Å². The molecule has 128 valence electrons. The summed E-state index contributed by atoms with van der Waals surface area (Å²) in [5, 5.41) is 3.29. The standard InChI is InChI=1S/C19H21N5O/c1-23-9-11-24(12-10-23)16-5-2-4-15(14-16)21-19-20-8-7-17(22-19)18-6-3-13-25-18/h2-8,13-14H,9-12H2,1H3,(H,20,21,22). The number of piperazine rings is 1. The van der Waals surface area contributed by atoms with Crippen LogP contribution in [0.5, 0.6) is 0 Å². The van der Waals surface area contributed by atoms with Crippen LogP contribution in [0.1, 0.15) is 0 Å². The zero-order valence-electron chi connectivity index (χ0n) is 14.2. The zero-order valence-corrected chi connectivity index (χ0v) is 14.2. The lowest BCUT2D eigenvalue weighted by Gasteiger charge is -2.34. The molecule has 0 spiro atoms. The molecule has 1 N–H and O–H groups in total. The van der Waals surface area contributed by atoms with E-state index in [0.717, 1.165) is 43.3 Å². The molecule has 0 saturated carbocycles. The topological polar surface area (TPSA) is 57.4 Å². The van der Waals surface area contributed by atoms with Gasteiger partial charge in [-0.15, -0.1) is 0 Å². The van der Waals surface area contributed by atoms with Crippen LogP contribution in [-0.2, 0) is 0 Å². The largest absolute Gasteiger partial charge is 0.463 e. The van der Waals surface area contributed by atoms with E-state index in [4.69, 9.17) is 4.42 Å².